The van der Waals surface area contributed by atoms with Crippen molar-refractivity contribution in [3.63, 3.8) is 0 Å². The lowest BCUT2D eigenvalue weighted by atomic mass is 9.85. The number of tetrazole rings is 1. The Morgan fingerprint density at radius 3 is 2.59 bits per heavy atom. The standard InChI is InChI=1S/C16H20N6/c1-16(2,3)11-13(12-7-5-4-6-8-12)17-14-9-10-15-18-20-21-22(15)19-14/h4-10,13H,11H2,1-3H3,(H,17,19)/t13-/m0/s1. The van der Waals surface area contributed by atoms with E-state index in [1.54, 1.807) is 0 Å². The van der Waals surface area contributed by atoms with Crippen LogP contribution in [0.15, 0.2) is 42.5 Å². The maximum atomic E-state index is 4.40. The second-order valence-electron chi connectivity index (χ2n) is 6.62. The number of nitrogens with one attached hydrogen (secondary N) is 1. The topological polar surface area (TPSA) is 68.0 Å². The number of aromatic nitrogens is 5. The lowest BCUT2D eigenvalue weighted by molar-refractivity contribution is 0.352. The van der Waals surface area contributed by atoms with Gasteiger partial charge in [-0.2, -0.15) is 0 Å². The van der Waals surface area contributed by atoms with E-state index in [4.69, 9.17) is 0 Å². The molecule has 3 aromatic rings. The van der Waals surface area contributed by atoms with Crippen molar-refractivity contribution in [1.29, 1.82) is 0 Å². The molecule has 0 aliphatic rings. The number of benzene rings is 1. The molecule has 0 saturated heterocycles. The number of anilines is 1. The van der Waals surface area contributed by atoms with E-state index in [1.165, 1.54) is 10.2 Å². The molecule has 0 amide bonds. The maximum absolute atomic E-state index is 4.40. The molecule has 6 heteroatoms. The fourth-order valence-corrected chi connectivity index (χ4v) is 2.46. The van der Waals surface area contributed by atoms with Gasteiger partial charge in [-0.3, -0.25) is 0 Å². The van der Waals surface area contributed by atoms with Crippen LogP contribution in [0.1, 0.15) is 38.8 Å². The van der Waals surface area contributed by atoms with Crippen molar-refractivity contribution in [1.82, 2.24) is 25.3 Å². The number of fused-ring (bicyclic) bond motifs is 1. The van der Waals surface area contributed by atoms with Crippen molar-refractivity contribution in [2.24, 2.45) is 5.41 Å². The minimum Gasteiger partial charge on any atom is -0.362 e. The first-order valence-corrected chi connectivity index (χ1v) is 7.38. The first-order chi connectivity index (χ1) is 10.5. The van der Waals surface area contributed by atoms with Crippen molar-refractivity contribution in [2.75, 3.05) is 5.32 Å². The second kappa shape index (κ2) is 5.71. The van der Waals surface area contributed by atoms with Gasteiger partial charge in [0.2, 0.25) is 0 Å². The Bertz CT molecular complexity index is 744. The first kappa shape index (κ1) is 14.4. The van der Waals surface area contributed by atoms with Crippen LogP contribution in [0.5, 0.6) is 0 Å². The molecule has 3 rings (SSSR count). The predicted molar refractivity (Wildman–Crippen MR) is 85.5 cm³/mol. The number of nitrogens with zero attached hydrogens (tertiary/aromatic N) is 5. The lowest BCUT2D eigenvalue weighted by Gasteiger charge is -2.27. The van der Waals surface area contributed by atoms with Crippen LogP contribution in [0.3, 0.4) is 0 Å². The predicted octanol–water partition coefficient (Wildman–Crippen LogP) is 3.11. The monoisotopic (exact) mass is 296 g/mol. The Morgan fingerprint density at radius 1 is 1.09 bits per heavy atom. The summed E-state index contributed by atoms with van der Waals surface area (Å²) in [6.07, 6.45) is 0.992. The molecule has 0 unspecified atom stereocenters. The highest BCUT2D eigenvalue weighted by Crippen LogP contribution is 2.31. The van der Waals surface area contributed by atoms with Gasteiger partial charge in [-0.25, -0.2) is 0 Å². The molecular formula is C16H20N6. The van der Waals surface area contributed by atoms with Gasteiger partial charge < -0.3 is 5.32 Å². The molecule has 0 radical (unpaired) electrons. The Hall–Kier alpha value is -2.50. The van der Waals surface area contributed by atoms with E-state index in [9.17, 15) is 0 Å². The van der Waals surface area contributed by atoms with Gasteiger partial charge >= 0.3 is 0 Å². The van der Waals surface area contributed by atoms with Gasteiger partial charge in [0.25, 0.3) is 0 Å². The van der Waals surface area contributed by atoms with Crippen molar-refractivity contribution in [3.05, 3.63) is 48.0 Å². The minimum atomic E-state index is 0.183. The molecular weight excluding hydrogens is 276 g/mol. The van der Waals surface area contributed by atoms with Gasteiger partial charge in [0, 0.05) is 0 Å². The smallest absolute Gasteiger partial charge is 0.200 e. The molecule has 6 nitrogen and oxygen atoms in total. The summed E-state index contributed by atoms with van der Waals surface area (Å²) < 4.78 is 1.43. The fraction of sp³-hybridized carbons (Fsp3) is 0.375. The number of hydrogen-bond donors (Lipinski definition) is 1. The van der Waals surface area contributed by atoms with E-state index >= 15 is 0 Å². The molecule has 22 heavy (non-hydrogen) atoms. The van der Waals surface area contributed by atoms with Crippen LogP contribution in [0.2, 0.25) is 0 Å². The molecule has 0 fully saturated rings. The molecule has 0 bridgehead atoms. The van der Waals surface area contributed by atoms with Gasteiger partial charge in [-0.15, -0.1) is 14.8 Å². The van der Waals surface area contributed by atoms with Gasteiger partial charge in [0.15, 0.2) is 5.65 Å². The van der Waals surface area contributed by atoms with Crippen LogP contribution in [0.4, 0.5) is 5.82 Å². The summed E-state index contributed by atoms with van der Waals surface area (Å²) in [6, 6.07) is 14.4. The molecule has 0 aliphatic heterocycles. The minimum absolute atomic E-state index is 0.183. The van der Waals surface area contributed by atoms with E-state index < -0.39 is 0 Å². The Kier molecular flexibility index (Phi) is 3.75. The molecule has 114 valence electrons. The SMILES string of the molecule is CC(C)(C)C[C@H](Nc1ccc2nnnn2n1)c1ccccc1. The van der Waals surface area contributed by atoms with Gasteiger partial charge in [0.05, 0.1) is 6.04 Å². The molecule has 1 atom stereocenters. The van der Waals surface area contributed by atoms with Crippen molar-refractivity contribution < 1.29 is 0 Å². The molecule has 1 N–H and O–H groups in total. The summed E-state index contributed by atoms with van der Waals surface area (Å²) in [5, 5.41) is 19.2. The van der Waals surface area contributed by atoms with Crippen LogP contribution in [-0.2, 0) is 0 Å². The summed E-state index contributed by atoms with van der Waals surface area (Å²) in [4.78, 5) is 0. The molecule has 0 aliphatic carbocycles. The molecule has 2 aromatic heterocycles. The third kappa shape index (κ3) is 3.39. The zero-order valence-corrected chi connectivity index (χ0v) is 13.1. The van der Waals surface area contributed by atoms with Crippen LogP contribution in [0, 0.1) is 5.41 Å². The second-order valence-corrected chi connectivity index (χ2v) is 6.62. The Morgan fingerprint density at radius 2 is 1.86 bits per heavy atom. The largest absolute Gasteiger partial charge is 0.362 e. The highest BCUT2D eigenvalue weighted by Gasteiger charge is 2.20. The van der Waals surface area contributed by atoms with Gasteiger partial charge in [-0.05, 0) is 40.0 Å². The van der Waals surface area contributed by atoms with Gasteiger partial charge in [-0.1, -0.05) is 51.1 Å². The molecule has 2 heterocycles. The third-order valence-corrected chi connectivity index (χ3v) is 3.41. The van der Waals surface area contributed by atoms with Gasteiger partial charge in [0.1, 0.15) is 5.82 Å². The first-order valence-electron chi connectivity index (χ1n) is 7.38. The average molecular weight is 296 g/mol. The quantitative estimate of drug-likeness (QED) is 0.801. The van der Waals surface area contributed by atoms with E-state index in [1.807, 2.05) is 18.2 Å². The summed E-state index contributed by atoms with van der Waals surface area (Å²) in [5.41, 5.74) is 2.08. The molecule has 0 spiro atoms. The van der Waals surface area contributed by atoms with Crippen LogP contribution in [-0.4, -0.2) is 25.3 Å². The summed E-state index contributed by atoms with van der Waals surface area (Å²) >= 11 is 0. The normalized spacial score (nSPS) is 13.2. The van der Waals surface area contributed by atoms with E-state index in [0.717, 1.165) is 12.2 Å². The summed E-state index contributed by atoms with van der Waals surface area (Å²) in [7, 11) is 0. The summed E-state index contributed by atoms with van der Waals surface area (Å²) in [5.74, 6) is 0.762. The fourth-order valence-electron chi connectivity index (χ4n) is 2.46. The van der Waals surface area contributed by atoms with E-state index in [-0.39, 0.29) is 11.5 Å². The Labute approximate surface area is 129 Å². The van der Waals surface area contributed by atoms with E-state index in [0.29, 0.717) is 5.65 Å². The number of hydrogen-bond acceptors (Lipinski definition) is 5. The lowest BCUT2D eigenvalue weighted by Crippen LogP contribution is -2.19. The third-order valence-electron chi connectivity index (χ3n) is 3.41. The summed E-state index contributed by atoms with van der Waals surface area (Å²) in [6.45, 7) is 6.72. The van der Waals surface area contributed by atoms with Crippen molar-refractivity contribution in [2.45, 2.75) is 33.2 Å². The van der Waals surface area contributed by atoms with Crippen LogP contribution < -0.4 is 5.32 Å². The zero-order chi connectivity index (χ0) is 15.6. The number of rotatable bonds is 4. The zero-order valence-electron chi connectivity index (χ0n) is 13.1. The average Bonchev–Trinajstić information content (AvgIpc) is 2.94. The Balaban J connectivity index is 1.88. The maximum Gasteiger partial charge on any atom is 0.200 e. The van der Waals surface area contributed by atoms with Crippen molar-refractivity contribution in [3.8, 4) is 0 Å². The molecule has 0 saturated carbocycles. The van der Waals surface area contributed by atoms with Crippen LogP contribution >= 0.6 is 0 Å². The van der Waals surface area contributed by atoms with E-state index in [2.05, 4.69) is 71.0 Å². The highest BCUT2D eigenvalue weighted by molar-refractivity contribution is 5.44. The van der Waals surface area contributed by atoms with Crippen LogP contribution in [0.25, 0.3) is 5.65 Å². The molecule has 1 aromatic carbocycles. The highest BCUT2D eigenvalue weighted by atomic mass is 15.6. The van der Waals surface area contributed by atoms with Crippen molar-refractivity contribution >= 4 is 11.5 Å².